The lowest BCUT2D eigenvalue weighted by atomic mass is 10.4. The van der Waals surface area contributed by atoms with Gasteiger partial charge in [-0.2, -0.15) is 0 Å². The van der Waals surface area contributed by atoms with Crippen LogP contribution in [0.15, 0.2) is 74.0 Å². The predicted molar refractivity (Wildman–Crippen MR) is 145 cm³/mol. The topological polar surface area (TPSA) is 126 Å². The smallest absolute Gasteiger partial charge is 0.333 e. The summed E-state index contributed by atoms with van der Waals surface area (Å²) in [7, 11) is 1.33. The third kappa shape index (κ3) is 22.3. The quantitative estimate of drug-likeness (QED) is 0.134. The number of carbonyl (C=O) groups excluding carboxylic acids is 5. The van der Waals surface area contributed by atoms with E-state index in [4.69, 9.17) is 0 Å². The Kier molecular flexibility index (Phi) is 23.4. The molecule has 1 fully saturated rings. The molecule has 10 heteroatoms. The highest BCUT2D eigenvalue weighted by Gasteiger charge is 2.16. The third-order valence-corrected chi connectivity index (χ3v) is 3.79. The molecule has 0 spiro atoms. The first-order valence-electron chi connectivity index (χ1n) is 11.4. The van der Waals surface area contributed by atoms with Crippen molar-refractivity contribution in [1.82, 2.24) is 4.90 Å². The molecule has 0 aliphatic carbocycles. The highest BCUT2D eigenvalue weighted by molar-refractivity contribution is 5.88. The molecule has 38 heavy (non-hydrogen) atoms. The van der Waals surface area contributed by atoms with Gasteiger partial charge in [-0.1, -0.05) is 45.5 Å². The van der Waals surface area contributed by atoms with Gasteiger partial charge in [0.2, 0.25) is 5.91 Å². The predicted octanol–water partition coefficient (Wildman–Crippen LogP) is 4.00. The fourth-order valence-corrected chi connectivity index (χ4v) is 1.81. The second-order valence-electron chi connectivity index (χ2n) is 7.65. The van der Waals surface area contributed by atoms with Crippen LogP contribution in [0.4, 0.5) is 0 Å². The number of likely N-dealkylation sites (tertiary alicyclic amines) is 1. The van der Waals surface area contributed by atoms with Gasteiger partial charge in [-0.15, -0.1) is 0 Å². The maximum Gasteiger partial charge on any atom is 0.333 e. The molecular formula is C28H41NO9. The summed E-state index contributed by atoms with van der Waals surface area (Å²) in [6.45, 7) is 27.9. The molecule has 0 atom stereocenters. The van der Waals surface area contributed by atoms with E-state index in [0.29, 0.717) is 28.7 Å². The minimum Gasteiger partial charge on any atom is -0.466 e. The van der Waals surface area contributed by atoms with E-state index in [0.717, 1.165) is 13.0 Å². The molecule has 10 nitrogen and oxygen atoms in total. The van der Waals surface area contributed by atoms with Crippen molar-refractivity contribution in [3.8, 4) is 0 Å². The summed E-state index contributed by atoms with van der Waals surface area (Å²) in [5.74, 6) is -1.48. The van der Waals surface area contributed by atoms with Gasteiger partial charge in [0.1, 0.15) is 19.8 Å². The number of hydrogen-bond acceptors (Lipinski definition) is 9. The van der Waals surface area contributed by atoms with Gasteiger partial charge < -0.3 is 23.8 Å². The normalized spacial score (nSPS) is 10.8. The summed E-state index contributed by atoms with van der Waals surface area (Å²) in [6, 6.07) is 0. The van der Waals surface area contributed by atoms with Crippen molar-refractivity contribution < 1.29 is 42.9 Å². The number of ether oxygens (including phenoxy) is 4. The van der Waals surface area contributed by atoms with Crippen molar-refractivity contribution in [2.45, 2.75) is 40.5 Å². The van der Waals surface area contributed by atoms with Crippen molar-refractivity contribution >= 4 is 29.8 Å². The molecule has 0 aromatic carbocycles. The van der Waals surface area contributed by atoms with Crippen LogP contribution in [0.1, 0.15) is 40.5 Å². The Hall–Kier alpha value is -4.21. The minimum absolute atomic E-state index is 0.0325. The largest absolute Gasteiger partial charge is 0.466 e. The van der Waals surface area contributed by atoms with E-state index in [1.54, 1.807) is 38.8 Å². The number of hydrogen-bond donors (Lipinski definition) is 0. The highest BCUT2D eigenvalue weighted by Crippen LogP contribution is 2.08. The molecule has 0 aromatic rings. The standard InChI is InChI=1S/C10H14O4.C7H10O2.C6H9NO.C5H8O2/c1-7(2)9(11)13-5-6-14-10(12)8(3)4;1-4-5-9-7(8)6(2)3;1-2-7-5-3-4-6(7)8;1-4(2)5(6)7-3/h1,3,5-6H2,2,4H3;4H,1-2,5H2,3H3;2H,1,3-5H2;1H2,2-3H3. The Balaban J connectivity index is -0.000000447. The van der Waals surface area contributed by atoms with Crippen LogP contribution in [0.2, 0.25) is 0 Å². The van der Waals surface area contributed by atoms with Gasteiger partial charge in [0, 0.05) is 35.3 Å². The van der Waals surface area contributed by atoms with E-state index < -0.39 is 11.9 Å². The van der Waals surface area contributed by atoms with Crippen LogP contribution >= 0.6 is 0 Å². The molecular weight excluding hydrogens is 494 g/mol. The maximum atomic E-state index is 10.8. The Bertz CT molecular complexity index is 872. The number of rotatable bonds is 10. The summed E-state index contributed by atoms with van der Waals surface area (Å²) in [5.41, 5.74) is 1.48. The summed E-state index contributed by atoms with van der Waals surface area (Å²) in [5, 5.41) is 0. The molecule has 0 saturated carbocycles. The van der Waals surface area contributed by atoms with Crippen LogP contribution in [0, 0.1) is 0 Å². The zero-order valence-electron chi connectivity index (χ0n) is 23.3. The third-order valence-electron chi connectivity index (χ3n) is 3.79. The van der Waals surface area contributed by atoms with Gasteiger partial charge in [-0.05, 0) is 40.3 Å². The van der Waals surface area contributed by atoms with Gasteiger partial charge in [0.15, 0.2) is 0 Å². The molecule has 1 saturated heterocycles. The zero-order valence-corrected chi connectivity index (χ0v) is 23.3. The summed E-state index contributed by atoms with van der Waals surface area (Å²) >= 11 is 0. The lowest BCUT2D eigenvalue weighted by Gasteiger charge is -2.05. The van der Waals surface area contributed by atoms with Crippen LogP contribution in [0.3, 0.4) is 0 Å². The van der Waals surface area contributed by atoms with Crippen molar-refractivity contribution in [1.29, 1.82) is 0 Å². The van der Waals surface area contributed by atoms with Gasteiger partial charge in [-0.25, -0.2) is 19.2 Å². The van der Waals surface area contributed by atoms with Crippen LogP contribution in [0.5, 0.6) is 0 Å². The van der Waals surface area contributed by atoms with Gasteiger partial charge >= 0.3 is 23.9 Å². The average Bonchev–Trinajstić information content (AvgIpc) is 3.29. The summed E-state index contributed by atoms with van der Waals surface area (Å²) in [4.78, 5) is 54.7. The van der Waals surface area contributed by atoms with Gasteiger partial charge in [0.05, 0.1) is 7.11 Å². The van der Waals surface area contributed by atoms with E-state index in [9.17, 15) is 24.0 Å². The monoisotopic (exact) mass is 535 g/mol. The van der Waals surface area contributed by atoms with Crippen molar-refractivity contribution in [3.63, 3.8) is 0 Å². The van der Waals surface area contributed by atoms with Crippen molar-refractivity contribution in [3.05, 3.63) is 74.0 Å². The number of nitrogens with zero attached hydrogens (tertiary/aromatic N) is 1. The zero-order chi connectivity index (χ0) is 30.3. The second-order valence-corrected chi connectivity index (χ2v) is 7.65. The minimum atomic E-state index is -0.489. The van der Waals surface area contributed by atoms with E-state index in [-0.39, 0.29) is 37.7 Å². The van der Waals surface area contributed by atoms with Crippen LogP contribution in [-0.4, -0.2) is 68.2 Å². The molecule has 1 heterocycles. The van der Waals surface area contributed by atoms with Crippen LogP contribution in [-0.2, 0) is 42.9 Å². The molecule has 1 aliphatic rings. The maximum absolute atomic E-state index is 10.8. The van der Waals surface area contributed by atoms with E-state index >= 15 is 0 Å². The average molecular weight is 536 g/mol. The number of esters is 4. The Morgan fingerprint density at radius 1 is 0.763 bits per heavy atom. The van der Waals surface area contributed by atoms with Crippen LogP contribution < -0.4 is 0 Å². The van der Waals surface area contributed by atoms with Crippen molar-refractivity contribution in [2.24, 2.45) is 0 Å². The molecule has 1 amide bonds. The lowest BCUT2D eigenvalue weighted by Crippen LogP contribution is -2.16. The molecule has 0 unspecified atom stereocenters. The first-order chi connectivity index (χ1) is 17.7. The van der Waals surface area contributed by atoms with E-state index in [1.807, 2.05) is 0 Å². The molecule has 0 radical (unpaired) electrons. The molecule has 0 bridgehead atoms. The fraction of sp³-hybridized carbons (Fsp3) is 0.393. The first kappa shape index (κ1) is 38.3. The highest BCUT2D eigenvalue weighted by atomic mass is 16.6. The first-order valence-corrected chi connectivity index (χ1v) is 11.4. The van der Waals surface area contributed by atoms with E-state index in [1.165, 1.54) is 13.2 Å². The van der Waals surface area contributed by atoms with Crippen LogP contribution in [0.25, 0.3) is 0 Å². The SMILES string of the molecule is C=C(C)C(=O)OC.C=C(C)C(=O)OCCOC(=O)C(=C)C.C=CCOC(=O)C(=C)C.C=CN1CCCC1=O. The lowest BCUT2D eigenvalue weighted by molar-refractivity contribution is -0.147. The van der Waals surface area contributed by atoms with Gasteiger partial charge in [0.25, 0.3) is 0 Å². The molecule has 1 aliphatic heterocycles. The van der Waals surface area contributed by atoms with Crippen molar-refractivity contribution in [2.75, 3.05) is 33.5 Å². The number of methoxy groups -OCH3 is 1. The van der Waals surface area contributed by atoms with E-state index in [2.05, 4.69) is 58.4 Å². The Morgan fingerprint density at radius 3 is 1.37 bits per heavy atom. The fourth-order valence-electron chi connectivity index (χ4n) is 1.81. The number of carbonyl (C=O) groups is 5. The molecule has 0 aromatic heterocycles. The molecule has 212 valence electrons. The van der Waals surface area contributed by atoms with Gasteiger partial charge in [-0.3, -0.25) is 4.79 Å². The molecule has 1 rings (SSSR count). The Morgan fingerprint density at radius 2 is 1.16 bits per heavy atom. The molecule has 0 N–H and O–H groups in total. The second kappa shape index (κ2) is 23.2. The summed E-state index contributed by atoms with van der Waals surface area (Å²) in [6.07, 6.45) is 4.80. The Labute approximate surface area is 225 Å². The summed E-state index contributed by atoms with van der Waals surface area (Å²) < 4.78 is 18.2. The number of amides is 1.